The lowest BCUT2D eigenvalue weighted by Crippen LogP contribution is -2.39. The van der Waals surface area contributed by atoms with E-state index in [0.29, 0.717) is 18.7 Å². The Hall–Kier alpha value is -1.41. The summed E-state index contributed by atoms with van der Waals surface area (Å²) in [5, 5.41) is 28.4. The lowest BCUT2D eigenvalue weighted by atomic mass is 10.1. The number of aliphatic hydroxyl groups is 2. The van der Waals surface area contributed by atoms with E-state index in [1.807, 2.05) is 18.7 Å². The predicted octanol–water partition coefficient (Wildman–Crippen LogP) is 1.68. The maximum Gasteiger partial charge on any atom is 0.0991 e. The van der Waals surface area contributed by atoms with Crippen molar-refractivity contribution in [2.45, 2.75) is 39.0 Å². The average Bonchev–Trinajstić information content (AvgIpc) is 2.37. The van der Waals surface area contributed by atoms with Gasteiger partial charge in [0.2, 0.25) is 0 Å². The second kappa shape index (κ2) is 7.25. The average molecular weight is 262 g/mol. The Kier molecular flexibility index (Phi) is 5.97. The molecule has 2 unspecified atom stereocenters. The molecule has 19 heavy (non-hydrogen) atoms. The van der Waals surface area contributed by atoms with Crippen LogP contribution in [0.25, 0.3) is 0 Å². The first-order chi connectivity index (χ1) is 8.93. The third kappa shape index (κ3) is 4.99. The Morgan fingerprint density at radius 1 is 1.11 bits per heavy atom. The molecule has 0 aliphatic rings. The van der Waals surface area contributed by atoms with Gasteiger partial charge in [0.25, 0.3) is 0 Å². The Balaban J connectivity index is 2.70. The van der Waals surface area contributed by atoms with E-state index in [0.717, 1.165) is 5.56 Å². The lowest BCUT2D eigenvalue weighted by Gasteiger charge is -2.29. The second-order valence-electron chi connectivity index (χ2n) is 5.15. The van der Waals surface area contributed by atoms with Gasteiger partial charge in [0.05, 0.1) is 23.8 Å². The van der Waals surface area contributed by atoms with Gasteiger partial charge in [-0.15, -0.1) is 0 Å². The quantitative estimate of drug-likeness (QED) is 0.818. The maximum atomic E-state index is 10.2. The van der Waals surface area contributed by atoms with Crippen molar-refractivity contribution < 1.29 is 10.2 Å². The molecule has 0 amide bonds. The number of aliphatic hydroxyl groups excluding tert-OH is 2. The molecule has 4 nitrogen and oxygen atoms in total. The summed E-state index contributed by atoms with van der Waals surface area (Å²) in [6.07, 6.45) is -1.04. The number of benzene rings is 1. The molecule has 1 aromatic carbocycles. The highest BCUT2D eigenvalue weighted by molar-refractivity contribution is 5.32. The van der Waals surface area contributed by atoms with Crippen molar-refractivity contribution in [1.29, 1.82) is 5.26 Å². The standard InChI is InChI=1S/C15H22N2O2/c1-11(2)17(9-12(3)18)10-15(19)14-6-4-13(8-16)5-7-14/h4-7,11-12,15,18-19H,9-10H2,1-3H3. The van der Waals surface area contributed by atoms with E-state index in [1.165, 1.54) is 0 Å². The number of nitrogens with zero attached hydrogens (tertiary/aromatic N) is 2. The minimum absolute atomic E-state index is 0.252. The van der Waals surface area contributed by atoms with Gasteiger partial charge in [-0.2, -0.15) is 5.26 Å². The largest absolute Gasteiger partial charge is 0.392 e. The second-order valence-corrected chi connectivity index (χ2v) is 5.15. The highest BCUT2D eigenvalue weighted by atomic mass is 16.3. The van der Waals surface area contributed by atoms with Crippen LogP contribution in [0.4, 0.5) is 0 Å². The van der Waals surface area contributed by atoms with Crippen LogP contribution in [0.2, 0.25) is 0 Å². The summed E-state index contributed by atoms with van der Waals surface area (Å²) in [7, 11) is 0. The third-order valence-corrected chi connectivity index (χ3v) is 3.06. The molecular formula is C15H22N2O2. The van der Waals surface area contributed by atoms with Crippen molar-refractivity contribution in [3.8, 4) is 6.07 Å². The van der Waals surface area contributed by atoms with E-state index in [4.69, 9.17) is 5.26 Å². The summed E-state index contributed by atoms with van der Waals surface area (Å²) in [4.78, 5) is 2.04. The van der Waals surface area contributed by atoms with Crippen molar-refractivity contribution in [3.63, 3.8) is 0 Å². The first-order valence-corrected chi connectivity index (χ1v) is 6.54. The highest BCUT2D eigenvalue weighted by Crippen LogP contribution is 2.16. The molecule has 0 heterocycles. The molecule has 0 saturated heterocycles. The monoisotopic (exact) mass is 262 g/mol. The first-order valence-electron chi connectivity index (χ1n) is 6.54. The van der Waals surface area contributed by atoms with E-state index in [-0.39, 0.29) is 6.04 Å². The number of rotatable bonds is 6. The Morgan fingerprint density at radius 3 is 2.11 bits per heavy atom. The van der Waals surface area contributed by atoms with Gasteiger partial charge in [-0.25, -0.2) is 0 Å². The normalized spacial score (nSPS) is 14.4. The van der Waals surface area contributed by atoms with E-state index in [2.05, 4.69) is 6.07 Å². The van der Waals surface area contributed by atoms with E-state index >= 15 is 0 Å². The van der Waals surface area contributed by atoms with Crippen LogP contribution in [-0.2, 0) is 0 Å². The fourth-order valence-corrected chi connectivity index (χ4v) is 1.94. The van der Waals surface area contributed by atoms with Crippen molar-refractivity contribution in [1.82, 2.24) is 4.90 Å². The van der Waals surface area contributed by atoms with Crippen LogP contribution >= 0.6 is 0 Å². The number of hydrogen-bond donors (Lipinski definition) is 2. The van der Waals surface area contributed by atoms with Crippen molar-refractivity contribution >= 4 is 0 Å². The van der Waals surface area contributed by atoms with Crippen LogP contribution in [-0.4, -0.2) is 40.3 Å². The van der Waals surface area contributed by atoms with Gasteiger partial charge in [0, 0.05) is 19.1 Å². The summed E-state index contributed by atoms with van der Waals surface area (Å²) in [5.41, 5.74) is 1.37. The molecule has 0 aromatic heterocycles. The fourth-order valence-electron chi connectivity index (χ4n) is 1.94. The third-order valence-electron chi connectivity index (χ3n) is 3.06. The molecule has 0 saturated carbocycles. The molecule has 0 aliphatic heterocycles. The number of hydrogen-bond acceptors (Lipinski definition) is 4. The van der Waals surface area contributed by atoms with Crippen LogP contribution in [0, 0.1) is 11.3 Å². The van der Waals surface area contributed by atoms with Crippen LogP contribution in [0.3, 0.4) is 0 Å². The van der Waals surface area contributed by atoms with E-state index in [9.17, 15) is 10.2 Å². The van der Waals surface area contributed by atoms with Crippen molar-refractivity contribution in [2.24, 2.45) is 0 Å². The van der Waals surface area contributed by atoms with Crippen LogP contribution < -0.4 is 0 Å². The van der Waals surface area contributed by atoms with Gasteiger partial charge >= 0.3 is 0 Å². The topological polar surface area (TPSA) is 67.5 Å². The molecule has 104 valence electrons. The van der Waals surface area contributed by atoms with Crippen LogP contribution in [0.5, 0.6) is 0 Å². The van der Waals surface area contributed by atoms with Crippen LogP contribution in [0.15, 0.2) is 24.3 Å². The van der Waals surface area contributed by atoms with Gasteiger partial charge in [-0.05, 0) is 38.5 Å². The molecular weight excluding hydrogens is 240 g/mol. The molecule has 2 atom stereocenters. The minimum Gasteiger partial charge on any atom is -0.392 e. The van der Waals surface area contributed by atoms with Gasteiger partial charge in [0.15, 0.2) is 0 Å². The SMILES string of the molecule is CC(O)CN(CC(O)c1ccc(C#N)cc1)C(C)C. The summed E-state index contributed by atoms with van der Waals surface area (Å²) in [6, 6.07) is 9.24. The summed E-state index contributed by atoms with van der Waals surface area (Å²) in [5.74, 6) is 0. The predicted molar refractivity (Wildman–Crippen MR) is 74.5 cm³/mol. The molecule has 0 spiro atoms. The molecule has 0 radical (unpaired) electrons. The van der Waals surface area contributed by atoms with Gasteiger partial charge in [-0.1, -0.05) is 12.1 Å². The molecule has 2 N–H and O–H groups in total. The summed E-state index contributed by atoms with van der Waals surface area (Å²) < 4.78 is 0. The lowest BCUT2D eigenvalue weighted by molar-refractivity contribution is 0.0588. The van der Waals surface area contributed by atoms with Gasteiger partial charge < -0.3 is 10.2 Å². The van der Waals surface area contributed by atoms with Crippen LogP contribution in [0.1, 0.15) is 38.0 Å². The molecule has 0 fully saturated rings. The number of nitriles is 1. The Bertz CT molecular complexity index is 421. The van der Waals surface area contributed by atoms with Crippen molar-refractivity contribution in [2.75, 3.05) is 13.1 Å². The maximum absolute atomic E-state index is 10.2. The van der Waals surface area contributed by atoms with Gasteiger partial charge in [0.1, 0.15) is 0 Å². The zero-order valence-electron chi connectivity index (χ0n) is 11.7. The van der Waals surface area contributed by atoms with Gasteiger partial charge in [-0.3, -0.25) is 4.90 Å². The minimum atomic E-state index is -0.617. The summed E-state index contributed by atoms with van der Waals surface area (Å²) >= 11 is 0. The molecule has 1 rings (SSSR count). The molecule has 4 heteroatoms. The zero-order chi connectivity index (χ0) is 14.4. The molecule has 0 bridgehead atoms. The van der Waals surface area contributed by atoms with Crippen molar-refractivity contribution in [3.05, 3.63) is 35.4 Å². The zero-order valence-corrected chi connectivity index (χ0v) is 11.7. The smallest absolute Gasteiger partial charge is 0.0991 e. The Labute approximate surface area is 114 Å². The highest BCUT2D eigenvalue weighted by Gasteiger charge is 2.17. The van der Waals surface area contributed by atoms with E-state index in [1.54, 1.807) is 31.2 Å². The fraction of sp³-hybridized carbons (Fsp3) is 0.533. The first kappa shape index (κ1) is 15.6. The Morgan fingerprint density at radius 2 is 1.68 bits per heavy atom. The molecule has 1 aromatic rings. The molecule has 0 aliphatic carbocycles. The van der Waals surface area contributed by atoms with E-state index < -0.39 is 12.2 Å². The summed E-state index contributed by atoms with van der Waals surface area (Å²) in [6.45, 7) is 6.81.